The summed E-state index contributed by atoms with van der Waals surface area (Å²) in [6.45, 7) is 0. The number of carbonyl (C=O) groups is 2. The second kappa shape index (κ2) is 8.27. The van der Waals surface area contributed by atoms with Gasteiger partial charge in [0.15, 0.2) is 11.7 Å². The number of ether oxygens (including phenoxy) is 4. The van der Waals surface area contributed by atoms with Gasteiger partial charge in [0.25, 0.3) is 0 Å². The molecule has 0 aliphatic carbocycles. The highest BCUT2D eigenvalue weighted by atomic mass is 16.6. The lowest BCUT2D eigenvalue weighted by Crippen LogP contribution is -2.30. The molecule has 2 aliphatic heterocycles. The molecule has 178 valence electrons. The Morgan fingerprint density at radius 1 is 0.722 bits per heavy atom. The largest absolute Gasteiger partial charge is 0.497 e. The van der Waals surface area contributed by atoms with Gasteiger partial charge in [-0.3, -0.25) is 0 Å². The Bertz CT molecular complexity index is 1510. The number of esters is 2. The third kappa shape index (κ3) is 3.11. The van der Waals surface area contributed by atoms with E-state index in [1.807, 2.05) is 78.9 Å². The van der Waals surface area contributed by atoms with Crippen molar-refractivity contribution in [2.45, 2.75) is 11.7 Å². The minimum Gasteiger partial charge on any atom is -0.497 e. The standard InChI is InChI=1S/C30H22O6/c1-33-20-14-12-19(13-15-20)30(24-10-6-5-9-23(24)29(32)36-30)25-17-18(11-16-26(25)34-2)27-21-7-3-4-8-22(21)28(31)35-27/h3-17,27H,1-2H3. The Hall–Kier alpha value is -4.58. The highest BCUT2D eigenvalue weighted by Crippen LogP contribution is 2.51. The number of methoxy groups -OCH3 is 2. The van der Waals surface area contributed by atoms with Gasteiger partial charge in [-0.2, -0.15) is 0 Å². The summed E-state index contributed by atoms with van der Waals surface area (Å²) in [6.07, 6.45) is -0.585. The molecule has 0 aromatic heterocycles. The van der Waals surface area contributed by atoms with Gasteiger partial charge in [0.2, 0.25) is 0 Å². The lowest BCUT2D eigenvalue weighted by molar-refractivity contribution is 0.0244. The summed E-state index contributed by atoms with van der Waals surface area (Å²) in [7, 11) is 3.18. The van der Waals surface area contributed by atoms with Crippen molar-refractivity contribution in [1.82, 2.24) is 0 Å². The topological polar surface area (TPSA) is 71.1 Å². The van der Waals surface area contributed by atoms with Gasteiger partial charge >= 0.3 is 11.9 Å². The van der Waals surface area contributed by atoms with E-state index in [2.05, 4.69) is 0 Å². The van der Waals surface area contributed by atoms with Crippen molar-refractivity contribution >= 4 is 11.9 Å². The van der Waals surface area contributed by atoms with Crippen LogP contribution in [0.25, 0.3) is 0 Å². The average molecular weight is 479 g/mol. The number of hydrogen-bond donors (Lipinski definition) is 0. The molecule has 0 spiro atoms. The molecule has 4 aromatic rings. The van der Waals surface area contributed by atoms with Crippen LogP contribution >= 0.6 is 0 Å². The van der Waals surface area contributed by atoms with E-state index in [4.69, 9.17) is 18.9 Å². The molecule has 0 fully saturated rings. The van der Waals surface area contributed by atoms with Crippen LogP contribution in [0.1, 0.15) is 54.6 Å². The molecule has 0 radical (unpaired) electrons. The molecule has 0 saturated heterocycles. The van der Waals surface area contributed by atoms with Gasteiger partial charge < -0.3 is 18.9 Å². The predicted octanol–water partition coefficient (Wildman–Crippen LogP) is 5.43. The first-order valence-corrected chi connectivity index (χ1v) is 11.5. The van der Waals surface area contributed by atoms with Crippen LogP contribution in [-0.2, 0) is 15.1 Å². The van der Waals surface area contributed by atoms with Crippen LogP contribution in [0.3, 0.4) is 0 Å². The van der Waals surface area contributed by atoms with Crippen molar-refractivity contribution in [2.75, 3.05) is 14.2 Å². The molecule has 6 nitrogen and oxygen atoms in total. The molecule has 2 atom stereocenters. The van der Waals surface area contributed by atoms with Crippen LogP contribution in [0.4, 0.5) is 0 Å². The summed E-state index contributed by atoms with van der Waals surface area (Å²) in [4.78, 5) is 25.7. The lowest BCUT2D eigenvalue weighted by atomic mass is 9.78. The fourth-order valence-corrected chi connectivity index (χ4v) is 5.17. The molecule has 0 bridgehead atoms. The third-order valence-electron chi connectivity index (χ3n) is 6.86. The van der Waals surface area contributed by atoms with E-state index < -0.39 is 17.7 Å². The van der Waals surface area contributed by atoms with Crippen LogP contribution in [0.5, 0.6) is 11.5 Å². The lowest BCUT2D eigenvalue weighted by Gasteiger charge is -2.32. The molecule has 0 N–H and O–H groups in total. The normalized spacial score (nSPS) is 19.8. The Morgan fingerprint density at radius 2 is 1.44 bits per heavy atom. The highest BCUT2D eigenvalue weighted by Gasteiger charge is 2.50. The molecule has 0 amide bonds. The second-order valence-electron chi connectivity index (χ2n) is 8.68. The van der Waals surface area contributed by atoms with Gasteiger partial charge in [-0.05, 0) is 42.0 Å². The molecule has 6 rings (SSSR count). The van der Waals surface area contributed by atoms with E-state index in [1.165, 1.54) is 0 Å². The zero-order valence-corrected chi connectivity index (χ0v) is 19.7. The molecule has 4 aromatic carbocycles. The van der Waals surface area contributed by atoms with Gasteiger partial charge in [-0.1, -0.05) is 54.6 Å². The molecule has 2 heterocycles. The maximum atomic E-state index is 13.1. The van der Waals surface area contributed by atoms with E-state index in [0.717, 1.165) is 16.7 Å². The quantitative estimate of drug-likeness (QED) is 0.357. The highest BCUT2D eigenvalue weighted by molar-refractivity contribution is 5.97. The smallest absolute Gasteiger partial charge is 0.340 e. The SMILES string of the molecule is COc1ccc(C2(c3cc(C4OC(=O)c5ccccc54)ccc3OC)OC(=O)c3ccccc32)cc1. The van der Waals surface area contributed by atoms with Crippen LogP contribution < -0.4 is 9.47 Å². The van der Waals surface area contributed by atoms with Crippen molar-refractivity contribution in [2.24, 2.45) is 0 Å². The third-order valence-corrected chi connectivity index (χ3v) is 6.86. The molecule has 6 heteroatoms. The number of cyclic esters (lactones) is 2. The van der Waals surface area contributed by atoms with Gasteiger partial charge in [0.1, 0.15) is 11.5 Å². The first-order valence-electron chi connectivity index (χ1n) is 11.5. The minimum absolute atomic E-state index is 0.365. The number of rotatable bonds is 5. The van der Waals surface area contributed by atoms with E-state index in [0.29, 0.717) is 33.8 Å². The molecule has 36 heavy (non-hydrogen) atoms. The Kier molecular flexibility index (Phi) is 5.04. The molecule has 2 aliphatic rings. The van der Waals surface area contributed by atoms with Crippen molar-refractivity contribution < 1.29 is 28.5 Å². The molecule has 0 saturated carbocycles. The summed E-state index contributed by atoms with van der Waals surface area (Å²) in [5, 5.41) is 0. The predicted molar refractivity (Wildman–Crippen MR) is 131 cm³/mol. The minimum atomic E-state index is -1.27. The fraction of sp³-hybridized carbons (Fsp3) is 0.133. The zero-order chi connectivity index (χ0) is 24.9. The van der Waals surface area contributed by atoms with Crippen LogP contribution in [0.2, 0.25) is 0 Å². The summed E-state index contributed by atoms with van der Waals surface area (Å²) >= 11 is 0. The number of carbonyl (C=O) groups excluding carboxylic acids is 2. The van der Waals surface area contributed by atoms with Crippen LogP contribution in [0.15, 0.2) is 91.0 Å². The van der Waals surface area contributed by atoms with Gasteiger partial charge in [0.05, 0.1) is 25.3 Å². The summed E-state index contributed by atoms with van der Waals surface area (Å²) < 4.78 is 23.2. The van der Waals surface area contributed by atoms with Crippen molar-refractivity contribution in [3.8, 4) is 11.5 Å². The van der Waals surface area contributed by atoms with Gasteiger partial charge in [0, 0.05) is 22.3 Å². The van der Waals surface area contributed by atoms with Crippen LogP contribution in [0, 0.1) is 0 Å². The number of fused-ring (bicyclic) bond motifs is 2. The first kappa shape index (κ1) is 21.9. The molecule has 2 unspecified atom stereocenters. The Balaban J connectivity index is 1.60. The van der Waals surface area contributed by atoms with Gasteiger partial charge in [-0.15, -0.1) is 0 Å². The van der Waals surface area contributed by atoms with Crippen molar-refractivity contribution in [3.05, 3.63) is 130 Å². The monoisotopic (exact) mass is 478 g/mol. The van der Waals surface area contributed by atoms with E-state index in [9.17, 15) is 9.59 Å². The summed E-state index contributed by atoms with van der Waals surface area (Å²) in [5.41, 5.74) is 3.37. The van der Waals surface area contributed by atoms with Crippen molar-refractivity contribution in [1.29, 1.82) is 0 Å². The number of benzene rings is 4. The number of hydrogen-bond acceptors (Lipinski definition) is 6. The zero-order valence-electron chi connectivity index (χ0n) is 19.7. The Morgan fingerprint density at radius 3 is 2.19 bits per heavy atom. The average Bonchev–Trinajstić information content (AvgIpc) is 3.43. The van der Waals surface area contributed by atoms with Crippen LogP contribution in [-0.4, -0.2) is 26.2 Å². The van der Waals surface area contributed by atoms with E-state index in [-0.39, 0.29) is 5.97 Å². The molecular weight excluding hydrogens is 456 g/mol. The maximum Gasteiger partial charge on any atom is 0.340 e. The Labute approximate surface area is 208 Å². The van der Waals surface area contributed by atoms with E-state index >= 15 is 0 Å². The van der Waals surface area contributed by atoms with E-state index in [1.54, 1.807) is 26.4 Å². The summed E-state index contributed by atoms with van der Waals surface area (Å²) in [5.74, 6) is 0.431. The first-order chi connectivity index (χ1) is 17.6. The molecular formula is C30H22O6. The maximum absolute atomic E-state index is 13.1. The van der Waals surface area contributed by atoms with Crippen molar-refractivity contribution in [3.63, 3.8) is 0 Å². The van der Waals surface area contributed by atoms with Gasteiger partial charge in [-0.25, -0.2) is 9.59 Å². The second-order valence-corrected chi connectivity index (χ2v) is 8.68. The fourth-order valence-electron chi connectivity index (χ4n) is 5.17. The summed E-state index contributed by atoms with van der Waals surface area (Å²) in [6, 6.07) is 27.7.